The van der Waals surface area contributed by atoms with E-state index >= 15 is 0 Å². The van der Waals surface area contributed by atoms with Crippen LogP contribution in [0.5, 0.6) is 5.75 Å². The molecule has 1 saturated carbocycles. The Morgan fingerprint density at radius 2 is 2.04 bits per heavy atom. The van der Waals surface area contributed by atoms with Gasteiger partial charge in [0.05, 0.1) is 13.2 Å². The highest BCUT2D eigenvalue weighted by atomic mass is 79.9. The van der Waals surface area contributed by atoms with Gasteiger partial charge in [0.1, 0.15) is 17.4 Å². The van der Waals surface area contributed by atoms with E-state index in [2.05, 4.69) is 21.2 Å². The molecule has 2 unspecified atom stereocenters. The first kappa shape index (κ1) is 18.5. The van der Waals surface area contributed by atoms with Crippen LogP contribution in [-0.4, -0.2) is 25.0 Å². The van der Waals surface area contributed by atoms with Crippen LogP contribution in [0.1, 0.15) is 42.4 Å². The minimum absolute atomic E-state index is 0.166. The SMILES string of the molecule is COc1ccc(Br)cc1CCc1c(F)cccc1C1=NC2CCCCC2N1. The van der Waals surface area contributed by atoms with Crippen molar-refractivity contribution < 1.29 is 9.13 Å². The van der Waals surface area contributed by atoms with Crippen LogP contribution in [0.15, 0.2) is 45.9 Å². The first-order valence-electron chi connectivity index (χ1n) is 9.60. The standard InChI is InChI=1S/C22H24BrFN2O/c1-27-21-12-10-15(23)13-14(21)9-11-16-17(5-4-6-18(16)24)22-25-19-7-2-3-8-20(19)26-22/h4-6,10,12-13,19-20H,2-3,7-9,11H2,1H3,(H,25,26). The van der Waals surface area contributed by atoms with E-state index < -0.39 is 0 Å². The summed E-state index contributed by atoms with van der Waals surface area (Å²) in [5.74, 6) is 1.53. The topological polar surface area (TPSA) is 33.6 Å². The van der Waals surface area contributed by atoms with E-state index in [1.54, 1.807) is 19.2 Å². The highest BCUT2D eigenvalue weighted by molar-refractivity contribution is 9.10. The number of fused-ring (bicyclic) bond motifs is 1. The van der Waals surface area contributed by atoms with Gasteiger partial charge in [-0.25, -0.2) is 4.39 Å². The van der Waals surface area contributed by atoms with E-state index in [1.807, 2.05) is 24.3 Å². The number of nitrogens with one attached hydrogen (secondary N) is 1. The fraction of sp³-hybridized carbons (Fsp3) is 0.409. The Balaban J connectivity index is 1.60. The molecule has 1 heterocycles. The Morgan fingerprint density at radius 1 is 1.19 bits per heavy atom. The van der Waals surface area contributed by atoms with Gasteiger partial charge in [0.2, 0.25) is 0 Å². The lowest BCUT2D eigenvalue weighted by Gasteiger charge is -2.23. The van der Waals surface area contributed by atoms with Gasteiger partial charge < -0.3 is 10.1 Å². The van der Waals surface area contributed by atoms with E-state index in [9.17, 15) is 4.39 Å². The average Bonchev–Trinajstić information content (AvgIpc) is 3.11. The molecular weight excluding hydrogens is 407 g/mol. The van der Waals surface area contributed by atoms with E-state index in [1.165, 1.54) is 12.8 Å². The molecule has 0 bridgehead atoms. The van der Waals surface area contributed by atoms with Crippen molar-refractivity contribution in [2.45, 2.75) is 50.6 Å². The Labute approximate surface area is 168 Å². The molecule has 2 aliphatic rings. The number of amidine groups is 1. The second kappa shape index (κ2) is 8.01. The lowest BCUT2D eigenvalue weighted by Crippen LogP contribution is -2.37. The third-order valence-electron chi connectivity index (χ3n) is 5.61. The fourth-order valence-electron chi connectivity index (χ4n) is 4.20. The van der Waals surface area contributed by atoms with Crippen LogP contribution in [-0.2, 0) is 12.8 Å². The lowest BCUT2D eigenvalue weighted by atomic mass is 9.92. The van der Waals surface area contributed by atoms with Gasteiger partial charge in [-0.3, -0.25) is 4.99 Å². The maximum atomic E-state index is 14.7. The van der Waals surface area contributed by atoms with Gasteiger partial charge in [0.15, 0.2) is 0 Å². The summed E-state index contributed by atoms with van der Waals surface area (Å²) in [5, 5.41) is 3.56. The molecule has 2 atom stereocenters. The molecule has 2 aromatic rings. The molecule has 142 valence electrons. The zero-order valence-electron chi connectivity index (χ0n) is 15.5. The zero-order chi connectivity index (χ0) is 18.8. The summed E-state index contributed by atoms with van der Waals surface area (Å²) >= 11 is 3.51. The maximum absolute atomic E-state index is 14.7. The molecule has 1 fully saturated rings. The summed E-state index contributed by atoms with van der Waals surface area (Å²) < 4.78 is 21.2. The summed E-state index contributed by atoms with van der Waals surface area (Å²) in [7, 11) is 1.67. The molecule has 2 aromatic carbocycles. The normalized spacial score (nSPS) is 21.4. The van der Waals surface area contributed by atoms with Crippen molar-refractivity contribution in [3.63, 3.8) is 0 Å². The second-order valence-electron chi connectivity index (χ2n) is 7.30. The molecule has 27 heavy (non-hydrogen) atoms. The van der Waals surface area contributed by atoms with Crippen LogP contribution in [0.25, 0.3) is 0 Å². The summed E-state index contributed by atoms with van der Waals surface area (Å²) in [6.45, 7) is 0. The number of aliphatic imine (C=N–C) groups is 1. The Morgan fingerprint density at radius 3 is 2.85 bits per heavy atom. The molecule has 4 rings (SSSR count). The van der Waals surface area contributed by atoms with Gasteiger partial charge in [-0.05, 0) is 61.1 Å². The number of hydrogen-bond donors (Lipinski definition) is 1. The molecule has 5 heteroatoms. The quantitative estimate of drug-likeness (QED) is 0.720. The van der Waals surface area contributed by atoms with Crippen LogP contribution in [0.3, 0.4) is 0 Å². The molecule has 1 N–H and O–H groups in total. The summed E-state index contributed by atoms with van der Waals surface area (Å²) in [6, 6.07) is 12.0. The molecule has 0 amide bonds. The van der Waals surface area contributed by atoms with Crippen LogP contribution < -0.4 is 10.1 Å². The van der Waals surface area contributed by atoms with Crippen LogP contribution in [0.2, 0.25) is 0 Å². The van der Waals surface area contributed by atoms with E-state index in [4.69, 9.17) is 9.73 Å². The van der Waals surface area contributed by atoms with Gasteiger partial charge in [0.25, 0.3) is 0 Å². The molecule has 3 nitrogen and oxygen atoms in total. The van der Waals surface area contributed by atoms with Crippen LogP contribution >= 0.6 is 15.9 Å². The first-order valence-corrected chi connectivity index (χ1v) is 10.4. The Kier molecular flexibility index (Phi) is 5.48. The number of aryl methyl sites for hydroxylation is 1. The van der Waals surface area contributed by atoms with Crippen LogP contribution in [0.4, 0.5) is 4.39 Å². The van der Waals surface area contributed by atoms with Crippen molar-refractivity contribution in [3.05, 3.63) is 63.4 Å². The molecule has 1 aliphatic carbocycles. The van der Waals surface area contributed by atoms with Crippen molar-refractivity contribution in [2.24, 2.45) is 4.99 Å². The monoisotopic (exact) mass is 430 g/mol. The van der Waals surface area contributed by atoms with Crippen molar-refractivity contribution in [1.29, 1.82) is 0 Å². The zero-order valence-corrected chi connectivity index (χ0v) is 17.1. The number of halogens is 2. The van der Waals surface area contributed by atoms with Crippen molar-refractivity contribution in [3.8, 4) is 5.75 Å². The van der Waals surface area contributed by atoms with Gasteiger partial charge >= 0.3 is 0 Å². The first-order chi connectivity index (χ1) is 13.2. The third-order valence-corrected chi connectivity index (χ3v) is 6.10. The Hall–Kier alpha value is -1.88. The predicted octanol–water partition coefficient (Wildman–Crippen LogP) is 5.04. The maximum Gasteiger partial charge on any atom is 0.129 e. The van der Waals surface area contributed by atoms with Gasteiger partial charge in [-0.2, -0.15) is 0 Å². The molecule has 0 spiro atoms. The summed E-state index contributed by atoms with van der Waals surface area (Å²) in [4.78, 5) is 4.89. The van der Waals surface area contributed by atoms with Gasteiger partial charge in [-0.15, -0.1) is 0 Å². The minimum atomic E-state index is -0.166. The Bertz CT molecular complexity index is 867. The molecule has 0 radical (unpaired) electrons. The van der Waals surface area contributed by atoms with Crippen molar-refractivity contribution in [1.82, 2.24) is 5.32 Å². The number of ether oxygens (including phenoxy) is 1. The highest BCUT2D eigenvalue weighted by Gasteiger charge is 2.32. The highest BCUT2D eigenvalue weighted by Crippen LogP contribution is 2.29. The summed E-state index contributed by atoms with van der Waals surface area (Å²) in [5.41, 5.74) is 2.69. The van der Waals surface area contributed by atoms with E-state index in [0.717, 1.165) is 45.6 Å². The van der Waals surface area contributed by atoms with Crippen LogP contribution in [0, 0.1) is 5.82 Å². The number of methoxy groups -OCH3 is 1. The fourth-order valence-corrected chi connectivity index (χ4v) is 4.61. The smallest absolute Gasteiger partial charge is 0.129 e. The average molecular weight is 431 g/mol. The van der Waals surface area contributed by atoms with E-state index in [-0.39, 0.29) is 5.82 Å². The summed E-state index contributed by atoms with van der Waals surface area (Å²) in [6.07, 6.45) is 6.06. The number of benzene rings is 2. The van der Waals surface area contributed by atoms with Crippen molar-refractivity contribution >= 4 is 21.8 Å². The molecule has 0 aromatic heterocycles. The number of nitrogens with zero attached hydrogens (tertiary/aromatic N) is 1. The van der Waals surface area contributed by atoms with E-state index in [0.29, 0.717) is 24.9 Å². The molecular formula is C22H24BrFN2O. The largest absolute Gasteiger partial charge is 0.496 e. The van der Waals surface area contributed by atoms with Gasteiger partial charge in [0, 0.05) is 16.1 Å². The minimum Gasteiger partial charge on any atom is -0.496 e. The molecule has 0 saturated heterocycles. The third kappa shape index (κ3) is 3.88. The number of rotatable bonds is 5. The number of hydrogen-bond acceptors (Lipinski definition) is 3. The lowest BCUT2D eigenvalue weighted by molar-refractivity contribution is 0.385. The predicted molar refractivity (Wildman–Crippen MR) is 110 cm³/mol. The second-order valence-corrected chi connectivity index (χ2v) is 8.22. The van der Waals surface area contributed by atoms with Crippen molar-refractivity contribution in [2.75, 3.05) is 7.11 Å². The van der Waals surface area contributed by atoms with Gasteiger partial charge in [-0.1, -0.05) is 40.9 Å². The molecule has 1 aliphatic heterocycles.